The van der Waals surface area contributed by atoms with Crippen LogP contribution >= 0.6 is 23.2 Å². The molecule has 3 heterocycles. The van der Waals surface area contributed by atoms with Crippen molar-refractivity contribution < 1.29 is 14.1 Å². The number of ether oxygens (including phenoxy) is 1. The van der Waals surface area contributed by atoms with E-state index in [1.54, 1.807) is 4.68 Å². The van der Waals surface area contributed by atoms with Gasteiger partial charge in [0, 0.05) is 67.9 Å². The third kappa shape index (κ3) is 4.65. The lowest BCUT2D eigenvalue weighted by atomic mass is 10.0. The number of piperazine rings is 1. The quantitative estimate of drug-likeness (QED) is 0.277. The van der Waals surface area contributed by atoms with Gasteiger partial charge in [0.25, 0.3) is 0 Å². The minimum absolute atomic E-state index is 0.345. The molecule has 1 saturated heterocycles. The predicted octanol–water partition coefficient (Wildman–Crippen LogP) is 5.56. The van der Waals surface area contributed by atoms with Crippen LogP contribution in [0.15, 0.2) is 40.9 Å². The second-order valence-corrected chi connectivity index (χ2v) is 10.8. The summed E-state index contributed by atoms with van der Waals surface area (Å²) in [6.45, 7) is 4.63. The van der Waals surface area contributed by atoms with Crippen LogP contribution in [-0.4, -0.2) is 65.6 Å². The Hall–Kier alpha value is -3.07. The van der Waals surface area contributed by atoms with Crippen molar-refractivity contribution in [3.8, 4) is 11.3 Å². The highest BCUT2D eigenvalue weighted by molar-refractivity contribution is 6.39. The van der Waals surface area contributed by atoms with Gasteiger partial charge in [-0.1, -0.05) is 34.4 Å². The Labute approximate surface area is 231 Å². The van der Waals surface area contributed by atoms with Crippen molar-refractivity contribution in [1.82, 2.24) is 19.8 Å². The third-order valence-corrected chi connectivity index (χ3v) is 8.23. The first kappa shape index (κ1) is 25.2. The number of fused-ring (bicyclic) bond motifs is 1. The average Bonchev–Trinajstić information content (AvgIpc) is 3.61. The molecule has 2 aromatic heterocycles. The number of anilines is 1. The number of carbonyl (C=O) groups is 1. The molecule has 6 rings (SSSR count). The molecule has 38 heavy (non-hydrogen) atoms. The first-order chi connectivity index (χ1) is 18.4. The monoisotopic (exact) mass is 553 g/mol. The molecule has 0 radical (unpaired) electrons. The van der Waals surface area contributed by atoms with Gasteiger partial charge in [-0.3, -0.25) is 9.58 Å². The van der Waals surface area contributed by atoms with E-state index in [1.165, 1.54) is 7.11 Å². The summed E-state index contributed by atoms with van der Waals surface area (Å²) >= 11 is 13.0. The molecular formula is C28H29Cl2N5O3. The number of esters is 1. The molecule has 0 atom stereocenters. The average molecular weight is 554 g/mol. The number of aromatic nitrogens is 3. The maximum Gasteiger partial charge on any atom is 0.359 e. The van der Waals surface area contributed by atoms with Gasteiger partial charge < -0.3 is 14.2 Å². The van der Waals surface area contributed by atoms with Gasteiger partial charge in [0.2, 0.25) is 0 Å². The molecule has 0 bridgehead atoms. The van der Waals surface area contributed by atoms with Gasteiger partial charge in [0.05, 0.1) is 22.7 Å². The van der Waals surface area contributed by atoms with Gasteiger partial charge in [0.1, 0.15) is 11.5 Å². The van der Waals surface area contributed by atoms with E-state index in [2.05, 4.69) is 32.2 Å². The zero-order valence-corrected chi connectivity index (χ0v) is 22.9. The maximum atomic E-state index is 12.1. The highest BCUT2D eigenvalue weighted by atomic mass is 35.5. The molecular weight excluding hydrogens is 525 g/mol. The standard InChI is InChI=1S/C28H29Cl2N5O3/c1-33-23-16-18(8-9-19(23)26(31-33)28(36)37-2)35-14-12-34(13-15-35)11-10-20-25(32-38-27(20)17-6-7-17)24-21(29)4-3-5-22(24)30/h3-5,8-9,16-17H,6-7,10-15H2,1-2H3. The van der Waals surface area contributed by atoms with E-state index in [9.17, 15) is 4.79 Å². The molecule has 10 heteroatoms. The van der Waals surface area contributed by atoms with Crippen LogP contribution in [0.25, 0.3) is 22.2 Å². The van der Waals surface area contributed by atoms with Crippen LogP contribution in [-0.2, 0) is 18.2 Å². The largest absolute Gasteiger partial charge is 0.464 e. The number of carbonyl (C=O) groups excluding carboxylic acids is 1. The molecule has 1 aliphatic carbocycles. The van der Waals surface area contributed by atoms with Gasteiger partial charge in [-0.15, -0.1) is 0 Å². The summed E-state index contributed by atoms with van der Waals surface area (Å²) in [5, 5.41) is 10.8. The molecule has 198 valence electrons. The molecule has 0 spiro atoms. The number of nitrogens with zero attached hydrogens (tertiary/aromatic N) is 5. The lowest BCUT2D eigenvalue weighted by Gasteiger charge is -2.36. The van der Waals surface area contributed by atoms with Crippen LogP contribution in [0.3, 0.4) is 0 Å². The molecule has 2 fully saturated rings. The van der Waals surface area contributed by atoms with Crippen LogP contribution in [0.2, 0.25) is 10.0 Å². The Morgan fingerprint density at radius 2 is 1.84 bits per heavy atom. The van der Waals surface area contributed by atoms with Crippen molar-refractivity contribution in [3.05, 3.63) is 63.5 Å². The van der Waals surface area contributed by atoms with E-state index in [0.29, 0.717) is 21.7 Å². The van der Waals surface area contributed by atoms with Gasteiger partial charge >= 0.3 is 5.97 Å². The molecule has 8 nitrogen and oxygen atoms in total. The molecule has 1 saturated carbocycles. The van der Waals surface area contributed by atoms with E-state index < -0.39 is 5.97 Å². The Balaban J connectivity index is 1.15. The summed E-state index contributed by atoms with van der Waals surface area (Å²) in [7, 11) is 3.22. The van der Waals surface area contributed by atoms with Gasteiger partial charge in [-0.05, 0) is 49.6 Å². The van der Waals surface area contributed by atoms with Crippen LogP contribution in [0, 0.1) is 0 Å². The lowest BCUT2D eigenvalue weighted by Crippen LogP contribution is -2.47. The van der Waals surface area contributed by atoms with Crippen LogP contribution in [0.1, 0.15) is 40.6 Å². The Morgan fingerprint density at radius 3 is 2.53 bits per heavy atom. The zero-order valence-electron chi connectivity index (χ0n) is 21.4. The van der Waals surface area contributed by atoms with Crippen LogP contribution in [0.4, 0.5) is 5.69 Å². The Kier molecular flexibility index (Phi) is 6.80. The summed E-state index contributed by atoms with van der Waals surface area (Å²) in [6.07, 6.45) is 3.11. The van der Waals surface area contributed by atoms with E-state index in [0.717, 1.165) is 91.2 Å². The SMILES string of the molecule is COC(=O)c1nn(C)c2cc(N3CCN(CCc4c(-c5c(Cl)cccc5Cl)noc4C4CC4)CC3)ccc12. The van der Waals surface area contributed by atoms with Crippen LogP contribution in [0.5, 0.6) is 0 Å². The van der Waals surface area contributed by atoms with Crippen molar-refractivity contribution in [1.29, 1.82) is 0 Å². The number of rotatable bonds is 7. The topological polar surface area (TPSA) is 76.6 Å². The molecule has 2 aromatic carbocycles. The molecule has 0 amide bonds. The summed E-state index contributed by atoms with van der Waals surface area (Å²) in [5.41, 5.74) is 5.05. The third-order valence-electron chi connectivity index (χ3n) is 7.60. The highest BCUT2D eigenvalue weighted by Crippen LogP contribution is 2.46. The van der Waals surface area contributed by atoms with Crippen LogP contribution < -0.4 is 4.90 Å². The molecule has 1 aliphatic heterocycles. The highest BCUT2D eigenvalue weighted by Gasteiger charge is 2.33. The van der Waals surface area contributed by atoms with Crippen molar-refractivity contribution in [2.45, 2.75) is 25.2 Å². The number of benzene rings is 2. The van der Waals surface area contributed by atoms with Gasteiger partial charge in [-0.25, -0.2) is 4.79 Å². The van der Waals surface area contributed by atoms with E-state index in [4.69, 9.17) is 32.5 Å². The molecule has 4 aromatic rings. The van der Waals surface area contributed by atoms with Crippen molar-refractivity contribution in [3.63, 3.8) is 0 Å². The first-order valence-corrected chi connectivity index (χ1v) is 13.7. The van der Waals surface area contributed by atoms with Crippen molar-refractivity contribution in [2.24, 2.45) is 7.05 Å². The lowest BCUT2D eigenvalue weighted by molar-refractivity contribution is 0.0595. The second-order valence-electron chi connectivity index (χ2n) is 9.99. The minimum Gasteiger partial charge on any atom is -0.464 e. The smallest absolute Gasteiger partial charge is 0.359 e. The predicted molar refractivity (Wildman–Crippen MR) is 148 cm³/mol. The Morgan fingerprint density at radius 1 is 1.11 bits per heavy atom. The fraction of sp³-hybridized carbons (Fsp3) is 0.393. The van der Waals surface area contributed by atoms with Crippen molar-refractivity contribution in [2.75, 3.05) is 44.7 Å². The molecule has 2 aliphatic rings. The summed E-state index contributed by atoms with van der Waals surface area (Å²) in [5.74, 6) is 1.02. The van der Waals surface area contributed by atoms with E-state index in [-0.39, 0.29) is 0 Å². The Bertz CT molecular complexity index is 1480. The van der Waals surface area contributed by atoms with Crippen molar-refractivity contribution >= 4 is 45.8 Å². The fourth-order valence-electron chi connectivity index (χ4n) is 5.34. The first-order valence-electron chi connectivity index (χ1n) is 12.9. The second kappa shape index (κ2) is 10.2. The molecule has 0 N–H and O–H groups in total. The fourth-order valence-corrected chi connectivity index (χ4v) is 5.92. The number of hydrogen-bond donors (Lipinski definition) is 0. The summed E-state index contributed by atoms with van der Waals surface area (Å²) < 4.78 is 12.5. The minimum atomic E-state index is -0.422. The normalized spacial score (nSPS) is 16.4. The van der Waals surface area contributed by atoms with E-state index in [1.807, 2.05) is 31.3 Å². The number of methoxy groups -OCH3 is 1. The summed E-state index contributed by atoms with van der Waals surface area (Å²) in [6, 6.07) is 11.7. The van der Waals surface area contributed by atoms with E-state index >= 15 is 0 Å². The molecule has 0 unspecified atom stereocenters. The van der Waals surface area contributed by atoms with Gasteiger partial charge in [0.15, 0.2) is 5.69 Å². The zero-order chi connectivity index (χ0) is 26.4. The number of aryl methyl sites for hydroxylation is 1. The summed E-state index contributed by atoms with van der Waals surface area (Å²) in [4.78, 5) is 16.9. The van der Waals surface area contributed by atoms with Gasteiger partial charge in [-0.2, -0.15) is 5.10 Å². The number of halogens is 2. The maximum absolute atomic E-state index is 12.1. The number of hydrogen-bond acceptors (Lipinski definition) is 7.